The zero-order valence-electron chi connectivity index (χ0n) is 9.34. The summed E-state index contributed by atoms with van der Waals surface area (Å²) in [6.07, 6.45) is 5.53. The van der Waals surface area contributed by atoms with Crippen LogP contribution in [0.5, 0.6) is 0 Å². The number of rotatable bonds is 3. The molecule has 16 heavy (non-hydrogen) atoms. The first-order valence-electron chi connectivity index (χ1n) is 5.74. The highest BCUT2D eigenvalue weighted by atomic mass is 16.3. The van der Waals surface area contributed by atoms with Gasteiger partial charge in [-0.1, -0.05) is 0 Å². The highest BCUT2D eigenvalue weighted by Crippen LogP contribution is 2.25. The average molecular weight is 222 g/mol. The standard InChI is InChI=1S/C12H18N2O2/c15-8-10-2-5-14(6-3-10)12-7-13-4-1-11(12)9-16/h1,4,7,10,15-16H,2-3,5-6,8-9H2. The molecule has 1 aromatic heterocycles. The van der Waals surface area contributed by atoms with E-state index < -0.39 is 0 Å². The van der Waals surface area contributed by atoms with Crippen LogP contribution in [0.3, 0.4) is 0 Å². The fraction of sp³-hybridized carbons (Fsp3) is 0.583. The average Bonchev–Trinajstić information content (AvgIpc) is 2.39. The molecule has 0 radical (unpaired) electrons. The molecule has 4 heteroatoms. The normalized spacial score (nSPS) is 17.8. The molecule has 0 bridgehead atoms. The van der Waals surface area contributed by atoms with Crippen LogP contribution in [-0.2, 0) is 6.61 Å². The zero-order valence-corrected chi connectivity index (χ0v) is 9.34. The van der Waals surface area contributed by atoms with E-state index in [1.165, 1.54) is 0 Å². The number of aliphatic hydroxyl groups is 2. The molecule has 0 atom stereocenters. The summed E-state index contributed by atoms with van der Waals surface area (Å²) in [5.74, 6) is 0.436. The topological polar surface area (TPSA) is 56.6 Å². The van der Waals surface area contributed by atoms with Crippen molar-refractivity contribution in [3.05, 3.63) is 24.0 Å². The Morgan fingerprint density at radius 1 is 1.31 bits per heavy atom. The number of nitrogens with zero attached hydrogens (tertiary/aromatic N) is 2. The molecule has 1 aliphatic rings. The maximum Gasteiger partial charge on any atom is 0.0703 e. The van der Waals surface area contributed by atoms with Gasteiger partial charge in [-0.3, -0.25) is 4.98 Å². The lowest BCUT2D eigenvalue weighted by Gasteiger charge is -2.33. The zero-order chi connectivity index (χ0) is 11.4. The largest absolute Gasteiger partial charge is 0.396 e. The fourth-order valence-corrected chi connectivity index (χ4v) is 2.19. The summed E-state index contributed by atoms with van der Waals surface area (Å²) in [4.78, 5) is 6.35. The van der Waals surface area contributed by atoms with E-state index in [0.29, 0.717) is 5.92 Å². The number of pyridine rings is 1. The van der Waals surface area contributed by atoms with Crippen LogP contribution in [0.1, 0.15) is 18.4 Å². The lowest BCUT2D eigenvalue weighted by molar-refractivity contribution is 0.202. The van der Waals surface area contributed by atoms with Gasteiger partial charge >= 0.3 is 0 Å². The Balaban J connectivity index is 2.07. The molecule has 1 saturated heterocycles. The van der Waals surface area contributed by atoms with Crippen LogP contribution >= 0.6 is 0 Å². The minimum atomic E-state index is 0.0534. The lowest BCUT2D eigenvalue weighted by atomic mass is 9.97. The Morgan fingerprint density at radius 3 is 2.69 bits per heavy atom. The van der Waals surface area contributed by atoms with Gasteiger partial charge in [-0.2, -0.15) is 0 Å². The van der Waals surface area contributed by atoms with Crippen molar-refractivity contribution in [3.63, 3.8) is 0 Å². The van der Waals surface area contributed by atoms with Gasteiger partial charge < -0.3 is 15.1 Å². The molecular weight excluding hydrogens is 204 g/mol. The first-order valence-corrected chi connectivity index (χ1v) is 5.74. The van der Waals surface area contributed by atoms with Gasteiger partial charge in [0.05, 0.1) is 18.5 Å². The highest BCUT2D eigenvalue weighted by molar-refractivity contribution is 5.51. The highest BCUT2D eigenvalue weighted by Gasteiger charge is 2.20. The molecule has 0 unspecified atom stereocenters. The van der Waals surface area contributed by atoms with Gasteiger partial charge in [-0.25, -0.2) is 0 Å². The Kier molecular flexibility index (Phi) is 3.74. The van der Waals surface area contributed by atoms with Crippen molar-refractivity contribution < 1.29 is 10.2 Å². The van der Waals surface area contributed by atoms with Crippen LogP contribution in [-0.4, -0.2) is 34.9 Å². The van der Waals surface area contributed by atoms with Crippen molar-refractivity contribution in [2.45, 2.75) is 19.4 Å². The molecule has 1 aromatic rings. The van der Waals surface area contributed by atoms with Crippen molar-refractivity contribution in [2.75, 3.05) is 24.6 Å². The molecule has 4 nitrogen and oxygen atoms in total. The van der Waals surface area contributed by atoms with Crippen molar-refractivity contribution in [3.8, 4) is 0 Å². The summed E-state index contributed by atoms with van der Waals surface area (Å²) in [6, 6.07) is 1.85. The molecule has 2 heterocycles. The van der Waals surface area contributed by atoms with E-state index in [0.717, 1.165) is 37.2 Å². The Bertz CT molecular complexity index is 336. The predicted octanol–water partition coefficient (Wildman–Crippen LogP) is 0.783. The summed E-state index contributed by atoms with van der Waals surface area (Å²) in [7, 11) is 0. The van der Waals surface area contributed by atoms with E-state index in [1.807, 2.05) is 12.3 Å². The van der Waals surface area contributed by atoms with Gasteiger partial charge in [0.15, 0.2) is 0 Å². The minimum absolute atomic E-state index is 0.0534. The summed E-state index contributed by atoms with van der Waals surface area (Å²) >= 11 is 0. The maximum absolute atomic E-state index is 9.25. The quantitative estimate of drug-likeness (QED) is 0.793. The molecule has 0 spiro atoms. The van der Waals surface area contributed by atoms with Crippen molar-refractivity contribution in [1.29, 1.82) is 0 Å². The van der Waals surface area contributed by atoms with Crippen LogP contribution in [0, 0.1) is 5.92 Å². The first-order chi connectivity index (χ1) is 7.85. The second-order valence-corrected chi connectivity index (χ2v) is 4.28. The van der Waals surface area contributed by atoms with E-state index in [-0.39, 0.29) is 13.2 Å². The third kappa shape index (κ3) is 2.33. The van der Waals surface area contributed by atoms with E-state index in [4.69, 9.17) is 5.11 Å². The van der Waals surface area contributed by atoms with Crippen LogP contribution < -0.4 is 4.90 Å². The molecule has 1 fully saturated rings. The molecule has 2 rings (SSSR count). The number of piperidine rings is 1. The molecule has 0 amide bonds. The van der Waals surface area contributed by atoms with E-state index >= 15 is 0 Å². The Morgan fingerprint density at radius 2 is 2.06 bits per heavy atom. The van der Waals surface area contributed by atoms with Crippen molar-refractivity contribution in [2.24, 2.45) is 5.92 Å². The van der Waals surface area contributed by atoms with Crippen molar-refractivity contribution >= 4 is 5.69 Å². The Labute approximate surface area is 95.5 Å². The van der Waals surface area contributed by atoms with E-state index in [9.17, 15) is 5.11 Å². The van der Waals surface area contributed by atoms with Crippen LogP contribution in [0.15, 0.2) is 18.5 Å². The summed E-state index contributed by atoms with van der Waals surface area (Å²) in [6.45, 7) is 2.21. The Hall–Kier alpha value is -1.13. The monoisotopic (exact) mass is 222 g/mol. The van der Waals surface area contributed by atoms with E-state index in [2.05, 4.69) is 9.88 Å². The predicted molar refractivity (Wildman–Crippen MR) is 62.2 cm³/mol. The van der Waals surface area contributed by atoms with Gasteiger partial charge in [0, 0.05) is 31.5 Å². The summed E-state index contributed by atoms with van der Waals surface area (Å²) < 4.78 is 0. The second kappa shape index (κ2) is 5.27. The van der Waals surface area contributed by atoms with Crippen molar-refractivity contribution in [1.82, 2.24) is 4.98 Å². The fourth-order valence-electron chi connectivity index (χ4n) is 2.19. The van der Waals surface area contributed by atoms with E-state index in [1.54, 1.807) is 6.20 Å². The van der Waals surface area contributed by atoms with Crippen LogP contribution in [0.2, 0.25) is 0 Å². The molecule has 0 saturated carbocycles. The molecule has 0 aromatic carbocycles. The lowest BCUT2D eigenvalue weighted by Crippen LogP contribution is -2.35. The van der Waals surface area contributed by atoms with Crippen LogP contribution in [0.4, 0.5) is 5.69 Å². The minimum Gasteiger partial charge on any atom is -0.396 e. The molecule has 0 aliphatic carbocycles. The van der Waals surface area contributed by atoms with Gasteiger partial charge in [0.25, 0.3) is 0 Å². The van der Waals surface area contributed by atoms with Crippen LogP contribution in [0.25, 0.3) is 0 Å². The van der Waals surface area contributed by atoms with Gasteiger partial charge in [0.1, 0.15) is 0 Å². The van der Waals surface area contributed by atoms with Gasteiger partial charge in [0.2, 0.25) is 0 Å². The smallest absolute Gasteiger partial charge is 0.0703 e. The second-order valence-electron chi connectivity index (χ2n) is 4.28. The molecule has 88 valence electrons. The molecular formula is C12H18N2O2. The number of aromatic nitrogens is 1. The SMILES string of the molecule is OCc1ccncc1N1CCC(CO)CC1. The third-order valence-electron chi connectivity index (χ3n) is 3.27. The number of anilines is 1. The van der Waals surface area contributed by atoms with Gasteiger partial charge in [-0.15, -0.1) is 0 Å². The third-order valence-corrected chi connectivity index (χ3v) is 3.27. The number of hydrogen-bond donors (Lipinski definition) is 2. The number of aliphatic hydroxyl groups excluding tert-OH is 2. The maximum atomic E-state index is 9.25. The summed E-state index contributed by atoms with van der Waals surface area (Å²) in [5, 5.41) is 18.3. The molecule has 1 aliphatic heterocycles. The summed E-state index contributed by atoms with van der Waals surface area (Å²) in [5.41, 5.74) is 1.96. The molecule has 2 N–H and O–H groups in total. The number of hydrogen-bond acceptors (Lipinski definition) is 4. The van der Waals surface area contributed by atoms with Gasteiger partial charge in [-0.05, 0) is 24.8 Å². The first kappa shape index (κ1) is 11.4.